The van der Waals surface area contributed by atoms with Gasteiger partial charge in [-0.25, -0.2) is 19.3 Å². The minimum absolute atomic E-state index is 0.00155. The molecule has 2 N–H and O–H groups in total. The van der Waals surface area contributed by atoms with Gasteiger partial charge in [0.05, 0.1) is 18.1 Å². The molecule has 9 heteroatoms. The Hall–Kier alpha value is -3.49. The summed E-state index contributed by atoms with van der Waals surface area (Å²) in [7, 11) is 0. The lowest BCUT2D eigenvalue weighted by atomic mass is 10.2. The van der Waals surface area contributed by atoms with Crippen molar-refractivity contribution < 1.29 is 9.18 Å². The van der Waals surface area contributed by atoms with Crippen LogP contribution in [0.25, 0.3) is 11.4 Å². The van der Waals surface area contributed by atoms with Gasteiger partial charge in [0.15, 0.2) is 5.82 Å². The number of benzene rings is 1. The maximum Gasteiger partial charge on any atom is 0.227 e. The lowest BCUT2D eigenvalue weighted by molar-refractivity contribution is -0.119. The number of amides is 1. The first-order chi connectivity index (χ1) is 15.3. The van der Waals surface area contributed by atoms with Crippen LogP contribution in [0.15, 0.2) is 36.7 Å². The normalized spacial score (nSPS) is 15.9. The van der Waals surface area contributed by atoms with Gasteiger partial charge in [-0.15, -0.1) is 0 Å². The van der Waals surface area contributed by atoms with Crippen LogP contribution in [0, 0.1) is 12.7 Å². The third-order valence-electron chi connectivity index (χ3n) is 5.57. The van der Waals surface area contributed by atoms with Gasteiger partial charge >= 0.3 is 0 Å². The fourth-order valence-corrected chi connectivity index (χ4v) is 4.17. The zero-order valence-corrected chi connectivity index (χ0v) is 18.8. The molecule has 1 atom stereocenters. The lowest BCUT2D eigenvalue weighted by Gasteiger charge is -2.19. The first-order valence-electron chi connectivity index (χ1n) is 10.8. The monoisotopic (exact) mass is 437 g/mol. The summed E-state index contributed by atoms with van der Waals surface area (Å²) in [6, 6.07) is 8.22. The molecule has 3 heterocycles. The highest BCUT2D eigenvalue weighted by Gasteiger charge is 2.23. The van der Waals surface area contributed by atoms with E-state index < -0.39 is 5.82 Å². The average Bonchev–Trinajstić information content (AvgIpc) is 3.36. The maximum absolute atomic E-state index is 14.6. The van der Waals surface area contributed by atoms with Crippen molar-refractivity contribution in [1.29, 1.82) is 0 Å². The maximum atomic E-state index is 14.6. The van der Waals surface area contributed by atoms with E-state index in [0.717, 1.165) is 36.7 Å². The van der Waals surface area contributed by atoms with Gasteiger partial charge < -0.3 is 20.1 Å². The predicted molar refractivity (Wildman–Crippen MR) is 122 cm³/mol. The number of nitrogens with zero attached hydrogens (tertiary/aromatic N) is 5. The fraction of sp³-hybridized carbons (Fsp3) is 0.391. The molecule has 168 valence electrons. The molecule has 2 aromatic heterocycles. The number of aryl methyl sites for hydroxylation is 1. The Morgan fingerprint density at radius 1 is 1.19 bits per heavy atom. The number of nitrogens with one attached hydrogen (secondary N) is 2. The van der Waals surface area contributed by atoms with E-state index in [1.807, 2.05) is 49.6 Å². The van der Waals surface area contributed by atoms with Crippen molar-refractivity contribution in [3.8, 4) is 11.4 Å². The molecule has 1 aromatic carbocycles. The van der Waals surface area contributed by atoms with Crippen LogP contribution < -0.4 is 15.5 Å². The lowest BCUT2D eigenvalue weighted by Crippen LogP contribution is -2.35. The zero-order valence-electron chi connectivity index (χ0n) is 18.8. The number of halogens is 1. The number of aromatic nitrogens is 4. The van der Waals surface area contributed by atoms with Gasteiger partial charge in [0.1, 0.15) is 11.5 Å². The summed E-state index contributed by atoms with van der Waals surface area (Å²) >= 11 is 0. The Morgan fingerprint density at radius 2 is 1.94 bits per heavy atom. The highest BCUT2D eigenvalue weighted by atomic mass is 19.1. The Kier molecular flexibility index (Phi) is 6.07. The zero-order chi connectivity index (χ0) is 22.8. The summed E-state index contributed by atoms with van der Waals surface area (Å²) in [5.74, 6) is 0.632. The number of hydrogen-bond acceptors (Lipinski definition) is 6. The number of carbonyl (C=O) groups is 1. The van der Waals surface area contributed by atoms with E-state index in [-0.39, 0.29) is 23.7 Å². The van der Waals surface area contributed by atoms with Crippen molar-refractivity contribution in [2.45, 2.75) is 46.2 Å². The summed E-state index contributed by atoms with van der Waals surface area (Å²) in [6.45, 7) is 9.17. The van der Waals surface area contributed by atoms with Gasteiger partial charge in [-0.1, -0.05) is 0 Å². The van der Waals surface area contributed by atoms with Crippen LogP contribution in [-0.2, 0) is 4.79 Å². The number of imidazole rings is 1. The van der Waals surface area contributed by atoms with Crippen LogP contribution in [0.5, 0.6) is 0 Å². The number of rotatable bonds is 6. The molecule has 1 saturated heterocycles. The van der Waals surface area contributed by atoms with Crippen molar-refractivity contribution in [2.24, 2.45) is 0 Å². The summed E-state index contributed by atoms with van der Waals surface area (Å²) in [5.41, 5.74) is 2.73. The van der Waals surface area contributed by atoms with Crippen molar-refractivity contribution in [1.82, 2.24) is 24.8 Å². The molecule has 0 unspecified atom stereocenters. The molecule has 1 fully saturated rings. The van der Waals surface area contributed by atoms with Crippen LogP contribution in [-0.4, -0.2) is 44.6 Å². The second kappa shape index (κ2) is 8.94. The third-order valence-corrected chi connectivity index (χ3v) is 5.57. The third kappa shape index (κ3) is 4.56. The van der Waals surface area contributed by atoms with E-state index in [4.69, 9.17) is 0 Å². The second-order valence-corrected chi connectivity index (χ2v) is 8.35. The van der Waals surface area contributed by atoms with Crippen molar-refractivity contribution in [3.63, 3.8) is 0 Å². The van der Waals surface area contributed by atoms with Crippen molar-refractivity contribution >= 4 is 23.2 Å². The molecule has 0 radical (unpaired) electrons. The van der Waals surface area contributed by atoms with E-state index in [2.05, 4.69) is 30.5 Å². The van der Waals surface area contributed by atoms with Gasteiger partial charge in [-0.3, -0.25) is 4.79 Å². The second-order valence-electron chi connectivity index (χ2n) is 8.35. The Balaban J connectivity index is 1.50. The van der Waals surface area contributed by atoms with E-state index in [9.17, 15) is 9.18 Å². The largest absolute Gasteiger partial charge is 0.369 e. The summed E-state index contributed by atoms with van der Waals surface area (Å²) in [4.78, 5) is 26.4. The van der Waals surface area contributed by atoms with E-state index in [0.29, 0.717) is 11.6 Å². The summed E-state index contributed by atoms with van der Waals surface area (Å²) in [5, 5.41) is 6.13. The van der Waals surface area contributed by atoms with Gasteiger partial charge in [-0.2, -0.15) is 0 Å². The molecule has 0 bridgehead atoms. The minimum Gasteiger partial charge on any atom is -0.369 e. The molecule has 3 aromatic rings. The molecule has 32 heavy (non-hydrogen) atoms. The molecule has 1 amide bonds. The molecule has 1 aliphatic heterocycles. The molecule has 0 saturated carbocycles. The van der Waals surface area contributed by atoms with E-state index >= 15 is 0 Å². The number of hydrogen-bond donors (Lipinski definition) is 2. The molecule has 8 nitrogen and oxygen atoms in total. The quantitative estimate of drug-likeness (QED) is 0.610. The molecule has 0 aliphatic carbocycles. The Morgan fingerprint density at radius 3 is 2.62 bits per heavy atom. The first-order valence-corrected chi connectivity index (χ1v) is 10.8. The van der Waals surface area contributed by atoms with Crippen LogP contribution in [0.3, 0.4) is 0 Å². The number of anilines is 3. The van der Waals surface area contributed by atoms with Crippen LogP contribution in [0.1, 0.15) is 39.1 Å². The van der Waals surface area contributed by atoms with E-state index in [1.165, 1.54) is 6.20 Å². The van der Waals surface area contributed by atoms with Gasteiger partial charge in [0, 0.05) is 43.5 Å². The highest BCUT2D eigenvalue weighted by Crippen LogP contribution is 2.27. The van der Waals surface area contributed by atoms with Crippen LogP contribution in [0.4, 0.5) is 21.7 Å². The summed E-state index contributed by atoms with van der Waals surface area (Å²) in [6.07, 6.45) is 3.75. The highest BCUT2D eigenvalue weighted by molar-refractivity contribution is 5.73. The van der Waals surface area contributed by atoms with Gasteiger partial charge in [0.25, 0.3) is 0 Å². The van der Waals surface area contributed by atoms with Crippen molar-refractivity contribution in [2.75, 3.05) is 23.3 Å². The Labute approximate surface area is 186 Å². The van der Waals surface area contributed by atoms with Crippen LogP contribution >= 0.6 is 0 Å². The van der Waals surface area contributed by atoms with E-state index in [1.54, 1.807) is 13.1 Å². The van der Waals surface area contributed by atoms with Crippen molar-refractivity contribution in [3.05, 3.63) is 48.3 Å². The first kappa shape index (κ1) is 21.7. The SMILES string of the molecule is CC(=O)N[C@@H]1CCN(c2ccc(Nc3ncc(F)c(-c4cnc(C)n4C(C)C)n3)cc2)C1. The molecular formula is C23H28FN7O. The minimum atomic E-state index is -0.490. The molecule has 4 rings (SSSR count). The average molecular weight is 438 g/mol. The smallest absolute Gasteiger partial charge is 0.227 e. The molecule has 1 aliphatic rings. The van der Waals surface area contributed by atoms with Gasteiger partial charge in [0.2, 0.25) is 11.9 Å². The standard InChI is InChI=1S/C23H28FN7O/c1-14(2)31-15(3)25-12-21(31)22-20(24)11-26-23(29-22)28-17-5-7-19(8-6-17)30-10-9-18(13-30)27-16(4)32/h5-8,11-12,14,18H,9-10,13H2,1-4H3,(H,27,32)(H,26,28,29)/t18-/m1/s1. The number of carbonyl (C=O) groups excluding carboxylic acids is 1. The summed E-state index contributed by atoms with van der Waals surface area (Å²) < 4.78 is 16.5. The van der Waals surface area contributed by atoms with Crippen LogP contribution in [0.2, 0.25) is 0 Å². The molecule has 0 spiro atoms. The topological polar surface area (TPSA) is 88.0 Å². The molecular weight excluding hydrogens is 409 g/mol. The fourth-order valence-electron chi connectivity index (χ4n) is 4.17. The Bertz CT molecular complexity index is 1110. The van der Waals surface area contributed by atoms with Gasteiger partial charge in [-0.05, 0) is 51.5 Å². The predicted octanol–water partition coefficient (Wildman–Crippen LogP) is 3.83.